The summed E-state index contributed by atoms with van der Waals surface area (Å²) in [5.41, 5.74) is 5.65. The van der Waals surface area contributed by atoms with Gasteiger partial charge >= 0.3 is 0 Å². The summed E-state index contributed by atoms with van der Waals surface area (Å²) in [7, 11) is -0.718. The van der Waals surface area contributed by atoms with Gasteiger partial charge in [-0.2, -0.15) is 0 Å². The van der Waals surface area contributed by atoms with Gasteiger partial charge in [0.15, 0.2) is 0 Å². The molecule has 0 aliphatic carbocycles. The largest absolute Gasteiger partial charge is 0.326 e. The molecule has 0 unspecified atom stereocenters. The third-order valence-electron chi connectivity index (χ3n) is 2.00. The molecule has 1 aromatic rings. The molecule has 0 heterocycles. The molecule has 0 saturated heterocycles. The van der Waals surface area contributed by atoms with Gasteiger partial charge in [0.2, 0.25) is 10.0 Å². The molecule has 0 aromatic heterocycles. The van der Waals surface area contributed by atoms with Gasteiger partial charge in [-0.1, -0.05) is 0 Å². The lowest BCUT2D eigenvalue weighted by atomic mass is 10.2. The molecule has 1 rings (SSSR count). The lowest BCUT2D eigenvalue weighted by Gasteiger charge is -2.14. The summed E-state index contributed by atoms with van der Waals surface area (Å²) < 4.78 is 37.5. The fraction of sp³-hybridized carbons (Fsp3) is 0.333. The van der Waals surface area contributed by atoms with Gasteiger partial charge < -0.3 is 5.73 Å². The summed E-state index contributed by atoms with van der Waals surface area (Å²) in [5, 5.41) is 0. The average molecular weight is 269 g/mol. The van der Waals surface area contributed by atoms with Crippen LogP contribution in [0, 0.1) is 5.82 Å². The van der Waals surface area contributed by atoms with Crippen molar-refractivity contribution in [3.63, 3.8) is 0 Å². The van der Waals surface area contributed by atoms with E-state index in [-0.39, 0.29) is 29.4 Å². The second kappa shape index (κ2) is 5.58. The van der Waals surface area contributed by atoms with Crippen LogP contribution in [-0.2, 0) is 16.6 Å². The van der Waals surface area contributed by atoms with E-state index in [2.05, 4.69) is 0 Å². The molecule has 0 radical (unpaired) electrons. The minimum absolute atomic E-state index is 0. The Bertz CT molecular complexity index is 463. The molecule has 0 spiro atoms. The van der Waals surface area contributed by atoms with Crippen molar-refractivity contribution >= 4 is 22.4 Å². The van der Waals surface area contributed by atoms with Gasteiger partial charge in [-0.05, 0) is 23.8 Å². The zero-order valence-corrected chi connectivity index (χ0v) is 10.6. The van der Waals surface area contributed by atoms with Crippen molar-refractivity contribution in [3.8, 4) is 0 Å². The maximum atomic E-state index is 12.9. The number of rotatable bonds is 3. The van der Waals surface area contributed by atoms with Crippen molar-refractivity contribution in [2.45, 2.75) is 11.4 Å². The van der Waals surface area contributed by atoms with Crippen LogP contribution in [0.15, 0.2) is 23.1 Å². The molecular formula is C9H14ClFN2O2S. The van der Waals surface area contributed by atoms with Gasteiger partial charge in [0.1, 0.15) is 5.82 Å². The Morgan fingerprint density at radius 2 is 1.94 bits per heavy atom. The summed E-state index contributed by atoms with van der Waals surface area (Å²) in [6.07, 6.45) is 0. The molecule has 16 heavy (non-hydrogen) atoms. The Morgan fingerprint density at radius 1 is 1.38 bits per heavy atom. The lowest BCUT2D eigenvalue weighted by molar-refractivity contribution is 0.519. The SMILES string of the molecule is CN(C)S(=O)(=O)c1ccc(F)cc1CN.Cl. The molecular weight excluding hydrogens is 255 g/mol. The van der Waals surface area contributed by atoms with Crippen LogP contribution in [0.25, 0.3) is 0 Å². The van der Waals surface area contributed by atoms with Crippen molar-refractivity contribution in [1.82, 2.24) is 4.31 Å². The monoisotopic (exact) mass is 268 g/mol. The first kappa shape index (κ1) is 15.3. The van der Waals surface area contributed by atoms with Crippen molar-refractivity contribution in [2.75, 3.05) is 14.1 Å². The molecule has 0 saturated carbocycles. The molecule has 0 aliphatic heterocycles. The molecule has 92 valence electrons. The van der Waals surface area contributed by atoms with E-state index >= 15 is 0 Å². The first-order valence-electron chi connectivity index (χ1n) is 4.30. The van der Waals surface area contributed by atoms with E-state index in [0.29, 0.717) is 0 Å². The summed E-state index contributed by atoms with van der Waals surface area (Å²) in [4.78, 5) is 0.0522. The highest BCUT2D eigenvalue weighted by molar-refractivity contribution is 7.89. The van der Waals surface area contributed by atoms with Crippen molar-refractivity contribution in [1.29, 1.82) is 0 Å². The summed E-state index contributed by atoms with van der Waals surface area (Å²) in [5.74, 6) is -0.492. The van der Waals surface area contributed by atoms with Gasteiger partial charge in [0.05, 0.1) is 4.90 Å². The van der Waals surface area contributed by atoms with Gasteiger partial charge in [-0.15, -0.1) is 12.4 Å². The van der Waals surface area contributed by atoms with Crippen LogP contribution in [0.1, 0.15) is 5.56 Å². The van der Waals surface area contributed by atoms with Crippen LogP contribution in [-0.4, -0.2) is 26.8 Å². The zero-order chi connectivity index (χ0) is 11.6. The van der Waals surface area contributed by atoms with Gasteiger partial charge in [-0.3, -0.25) is 0 Å². The summed E-state index contributed by atoms with van der Waals surface area (Å²) in [6, 6.07) is 3.47. The normalized spacial score (nSPS) is 11.3. The number of nitrogens with two attached hydrogens (primary N) is 1. The molecule has 0 fully saturated rings. The number of hydrogen-bond donors (Lipinski definition) is 1. The summed E-state index contributed by atoms with van der Waals surface area (Å²) in [6.45, 7) is -0.0137. The predicted octanol–water partition coefficient (Wildman–Crippen LogP) is 0.957. The third-order valence-corrected chi connectivity index (χ3v) is 3.92. The molecule has 0 bridgehead atoms. The molecule has 7 heteroatoms. The first-order chi connectivity index (χ1) is 6.89. The fourth-order valence-electron chi connectivity index (χ4n) is 1.16. The van der Waals surface area contributed by atoms with Crippen LogP contribution in [0.3, 0.4) is 0 Å². The zero-order valence-electron chi connectivity index (χ0n) is 8.97. The van der Waals surface area contributed by atoms with E-state index in [9.17, 15) is 12.8 Å². The van der Waals surface area contributed by atoms with Gasteiger partial charge in [-0.25, -0.2) is 17.1 Å². The molecule has 2 N–H and O–H groups in total. The standard InChI is InChI=1S/C9H13FN2O2S.ClH/c1-12(2)15(13,14)9-4-3-8(10)5-7(9)6-11;/h3-5H,6,11H2,1-2H3;1H. The topological polar surface area (TPSA) is 63.4 Å². The van der Waals surface area contributed by atoms with Crippen LogP contribution < -0.4 is 5.73 Å². The maximum absolute atomic E-state index is 12.9. The van der Waals surface area contributed by atoms with Crippen molar-refractivity contribution in [2.24, 2.45) is 5.73 Å². The summed E-state index contributed by atoms with van der Waals surface area (Å²) >= 11 is 0. The van der Waals surface area contributed by atoms with Crippen LogP contribution >= 0.6 is 12.4 Å². The highest BCUT2D eigenvalue weighted by Crippen LogP contribution is 2.19. The van der Waals surface area contributed by atoms with E-state index in [4.69, 9.17) is 5.73 Å². The van der Waals surface area contributed by atoms with E-state index in [0.717, 1.165) is 16.4 Å². The highest BCUT2D eigenvalue weighted by Gasteiger charge is 2.20. The van der Waals surface area contributed by atoms with E-state index in [1.807, 2.05) is 0 Å². The van der Waals surface area contributed by atoms with Crippen LogP contribution in [0.4, 0.5) is 4.39 Å². The molecule has 0 atom stereocenters. The number of hydrogen-bond acceptors (Lipinski definition) is 3. The Balaban J connectivity index is 0.00000225. The van der Waals surface area contributed by atoms with E-state index < -0.39 is 15.8 Å². The Labute approximate surface area is 101 Å². The molecule has 1 aromatic carbocycles. The maximum Gasteiger partial charge on any atom is 0.242 e. The van der Waals surface area contributed by atoms with Crippen molar-refractivity contribution < 1.29 is 12.8 Å². The quantitative estimate of drug-likeness (QED) is 0.888. The van der Waals surface area contributed by atoms with Crippen molar-refractivity contribution in [3.05, 3.63) is 29.6 Å². The second-order valence-corrected chi connectivity index (χ2v) is 5.36. The molecule has 4 nitrogen and oxygen atoms in total. The van der Waals surface area contributed by atoms with Gasteiger partial charge in [0, 0.05) is 20.6 Å². The second-order valence-electron chi connectivity index (χ2n) is 3.24. The molecule has 0 aliphatic rings. The lowest BCUT2D eigenvalue weighted by Crippen LogP contribution is -2.24. The minimum atomic E-state index is -3.55. The minimum Gasteiger partial charge on any atom is -0.326 e. The third kappa shape index (κ3) is 2.91. The Kier molecular flexibility index (Phi) is 5.34. The Morgan fingerprint density at radius 3 is 2.38 bits per heavy atom. The van der Waals surface area contributed by atoms with Gasteiger partial charge in [0.25, 0.3) is 0 Å². The Hall–Kier alpha value is -0.690. The smallest absolute Gasteiger partial charge is 0.242 e. The van der Waals surface area contributed by atoms with Crippen LogP contribution in [0.2, 0.25) is 0 Å². The fourth-order valence-corrected chi connectivity index (χ4v) is 2.26. The number of halogens is 2. The van der Waals surface area contributed by atoms with E-state index in [1.165, 1.54) is 20.2 Å². The number of sulfonamides is 1. The molecule has 0 amide bonds. The number of nitrogens with zero attached hydrogens (tertiary/aromatic N) is 1. The average Bonchev–Trinajstić information content (AvgIpc) is 2.16. The predicted molar refractivity (Wildman–Crippen MR) is 62.4 cm³/mol. The van der Waals surface area contributed by atoms with Crippen LogP contribution in [0.5, 0.6) is 0 Å². The first-order valence-corrected chi connectivity index (χ1v) is 5.74. The van der Waals surface area contributed by atoms with E-state index in [1.54, 1.807) is 0 Å². The highest BCUT2D eigenvalue weighted by atomic mass is 35.5. The number of benzene rings is 1.